The molecule has 0 saturated heterocycles. The van der Waals surface area contributed by atoms with E-state index in [0.29, 0.717) is 27.4 Å². The van der Waals surface area contributed by atoms with Crippen LogP contribution in [0.5, 0.6) is 0 Å². The summed E-state index contributed by atoms with van der Waals surface area (Å²) in [6, 6.07) is 27.6. The highest BCUT2D eigenvalue weighted by Gasteiger charge is 2.16. The van der Waals surface area contributed by atoms with Gasteiger partial charge in [-0.2, -0.15) is 0 Å². The van der Waals surface area contributed by atoms with E-state index in [2.05, 4.69) is 10.6 Å². The Morgan fingerprint density at radius 2 is 1.48 bits per heavy atom. The first-order chi connectivity index (χ1) is 19.3. The third-order valence-electron chi connectivity index (χ3n) is 5.59. The van der Waals surface area contributed by atoms with Crippen molar-refractivity contribution in [3.05, 3.63) is 141 Å². The second-order valence-electron chi connectivity index (χ2n) is 8.42. The number of nitro groups is 1. The van der Waals surface area contributed by atoms with Crippen molar-refractivity contribution < 1.29 is 19.3 Å². The van der Waals surface area contributed by atoms with Crippen LogP contribution < -0.4 is 10.6 Å². The van der Waals surface area contributed by atoms with Crippen molar-refractivity contribution in [2.75, 3.05) is 11.1 Å². The number of carbonyl (C=O) groups excluding carboxylic acids is 3. The molecule has 0 radical (unpaired) electrons. The fourth-order valence-electron chi connectivity index (χ4n) is 3.50. The molecule has 40 heavy (non-hydrogen) atoms. The van der Waals surface area contributed by atoms with Crippen LogP contribution >= 0.6 is 23.4 Å². The Morgan fingerprint density at radius 1 is 0.825 bits per heavy atom. The molecule has 200 valence electrons. The number of non-ortho nitro benzene ring substituents is 1. The summed E-state index contributed by atoms with van der Waals surface area (Å²) in [4.78, 5) is 49.7. The molecular weight excluding hydrogens is 550 g/mol. The van der Waals surface area contributed by atoms with E-state index in [1.807, 2.05) is 0 Å². The van der Waals surface area contributed by atoms with E-state index < -0.39 is 16.7 Å². The highest BCUT2D eigenvalue weighted by Crippen LogP contribution is 2.23. The normalized spacial score (nSPS) is 11.0. The second-order valence-corrected chi connectivity index (χ2v) is 9.91. The minimum Gasteiger partial charge on any atom is -0.321 e. The van der Waals surface area contributed by atoms with Gasteiger partial charge in [-0.3, -0.25) is 24.5 Å². The topological polar surface area (TPSA) is 118 Å². The van der Waals surface area contributed by atoms with Crippen molar-refractivity contribution in [2.45, 2.75) is 4.90 Å². The Morgan fingerprint density at radius 3 is 2.10 bits per heavy atom. The Balaban J connectivity index is 1.45. The summed E-state index contributed by atoms with van der Waals surface area (Å²) in [5.74, 6) is -0.864. The van der Waals surface area contributed by atoms with Gasteiger partial charge < -0.3 is 10.6 Å². The van der Waals surface area contributed by atoms with Crippen molar-refractivity contribution in [1.82, 2.24) is 5.32 Å². The highest BCUT2D eigenvalue weighted by molar-refractivity contribution is 8.00. The maximum Gasteiger partial charge on any atom is 0.272 e. The first-order valence-electron chi connectivity index (χ1n) is 11.9. The molecule has 8 nitrogen and oxygen atoms in total. The molecule has 0 atom stereocenters. The van der Waals surface area contributed by atoms with Gasteiger partial charge in [0, 0.05) is 38.9 Å². The van der Waals surface area contributed by atoms with E-state index in [1.165, 1.54) is 42.1 Å². The minimum absolute atomic E-state index is 0.0331. The van der Waals surface area contributed by atoms with Gasteiger partial charge in [0.2, 0.25) is 0 Å². The Bertz CT molecular complexity index is 1560. The van der Waals surface area contributed by atoms with Crippen molar-refractivity contribution in [3.63, 3.8) is 0 Å². The quantitative estimate of drug-likeness (QED) is 0.0724. The number of amides is 2. The first kappa shape index (κ1) is 28.3. The predicted molar refractivity (Wildman–Crippen MR) is 157 cm³/mol. The molecule has 0 spiro atoms. The Hall–Kier alpha value is -4.73. The third-order valence-corrected chi connectivity index (χ3v) is 6.86. The lowest BCUT2D eigenvalue weighted by molar-refractivity contribution is -0.384. The molecule has 0 aliphatic carbocycles. The number of nitro benzene ring substituents is 1. The van der Waals surface area contributed by atoms with Gasteiger partial charge in [0.15, 0.2) is 5.78 Å². The number of carbonyl (C=O) groups is 3. The van der Waals surface area contributed by atoms with E-state index in [4.69, 9.17) is 11.6 Å². The maximum atomic E-state index is 13.2. The molecule has 4 aromatic rings. The number of rotatable bonds is 10. The SMILES string of the molecule is O=C(Nc1ccc(SCC(=O)c2ccc(Cl)cc2)cc1)/C(=C/c1ccc([N+](=O)[O-])cc1)NC(=O)c1ccccc1. The molecular formula is C30H22ClN3O5S. The maximum absolute atomic E-state index is 13.2. The average Bonchev–Trinajstić information content (AvgIpc) is 2.97. The number of hydrogen-bond acceptors (Lipinski definition) is 6. The molecule has 4 rings (SSSR count). The number of anilines is 1. The summed E-state index contributed by atoms with van der Waals surface area (Å²) in [5, 5.41) is 16.9. The van der Waals surface area contributed by atoms with E-state index >= 15 is 0 Å². The third kappa shape index (κ3) is 7.89. The van der Waals surface area contributed by atoms with E-state index in [9.17, 15) is 24.5 Å². The number of nitrogens with zero attached hydrogens (tertiary/aromatic N) is 1. The van der Waals surface area contributed by atoms with Crippen molar-refractivity contribution in [1.29, 1.82) is 0 Å². The van der Waals surface area contributed by atoms with Crippen LogP contribution in [0.1, 0.15) is 26.3 Å². The number of Topliss-reactive ketones (excluding diaryl/α,β-unsaturated/α-hetero) is 1. The van der Waals surface area contributed by atoms with Crippen molar-refractivity contribution >= 4 is 58.4 Å². The van der Waals surface area contributed by atoms with Crippen LogP contribution in [0.4, 0.5) is 11.4 Å². The number of thioether (sulfide) groups is 1. The zero-order valence-corrected chi connectivity index (χ0v) is 22.4. The van der Waals surface area contributed by atoms with Crippen LogP contribution in [0, 0.1) is 10.1 Å². The number of ketones is 1. The number of nitrogens with one attached hydrogen (secondary N) is 2. The first-order valence-corrected chi connectivity index (χ1v) is 13.3. The monoisotopic (exact) mass is 571 g/mol. The largest absolute Gasteiger partial charge is 0.321 e. The van der Waals surface area contributed by atoms with Gasteiger partial charge in [-0.15, -0.1) is 11.8 Å². The molecule has 0 heterocycles. The lowest BCUT2D eigenvalue weighted by atomic mass is 10.1. The van der Waals surface area contributed by atoms with E-state index in [1.54, 1.807) is 78.9 Å². The van der Waals surface area contributed by atoms with Crippen LogP contribution in [-0.4, -0.2) is 28.3 Å². The second kappa shape index (κ2) is 13.4. The zero-order chi connectivity index (χ0) is 28.5. The number of hydrogen-bond donors (Lipinski definition) is 2. The van der Waals surface area contributed by atoms with Gasteiger partial charge in [0.1, 0.15) is 5.70 Å². The molecule has 4 aromatic carbocycles. The van der Waals surface area contributed by atoms with Crippen LogP contribution in [0.25, 0.3) is 6.08 Å². The number of halogens is 1. The lowest BCUT2D eigenvalue weighted by Crippen LogP contribution is -2.30. The molecule has 0 aliphatic rings. The molecule has 2 amide bonds. The Labute approximate surface area is 239 Å². The number of benzene rings is 4. The van der Waals surface area contributed by atoms with Gasteiger partial charge in [-0.1, -0.05) is 29.8 Å². The predicted octanol–water partition coefficient (Wildman–Crippen LogP) is 6.63. The summed E-state index contributed by atoms with van der Waals surface area (Å²) in [5.41, 5.74) is 1.76. The molecule has 2 N–H and O–H groups in total. The minimum atomic E-state index is -0.582. The van der Waals surface area contributed by atoms with Gasteiger partial charge in [-0.05, 0) is 84.4 Å². The summed E-state index contributed by atoms with van der Waals surface area (Å²) in [6.07, 6.45) is 1.44. The molecule has 0 aliphatic heterocycles. The summed E-state index contributed by atoms with van der Waals surface area (Å²) in [6.45, 7) is 0. The van der Waals surface area contributed by atoms with Gasteiger partial charge >= 0.3 is 0 Å². The van der Waals surface area contributed by atoms with Crippen molar-refractivity contribution in [2.24, 2.45) is 0 Å². The summed E-state index contributed by atoms with van der Waals surface area (Å²) < 4.78 is 0. The Kier molecular flexibility index (Phi) is 9.45. The molecule has 0 aromatic heterocycles. The molecule has 10 heteroatoms. The zero-order valence-electron chi connectivity index (χ0n) is 20.9. The van der Waals surface area contributed by atoms with Gasteiger partial charge in [-0.25, -0.2) is 0 Å². The van der Waals surface area contributed by atoms with Crippen LogP contribution in [0.2, 0.25) is 5.02 Å². The van der Waals surface area contributed by atoms with Gasteiger partial charge in [0.25, 0.3) is 17.5 Å². The van der Waals surface area contributed by atoms with Crippen LogP contribution in [0.3, 0.4) is 0 Å². The molecule has 0 bridgehead atoms. The summed E-state index contributed by atoms with van der Waals surface area (Å²) >= 11 is 7.24. The van der Waals surface area contributed by atoms with Gasteiger partial charge in [0.05, 0.1) is 10.7 Å². The van der Waals surface area contributed by atoms with Crippen LogP contribution in [0.15, 0.2) is 114 Å². The smallest absolute Gasteiger partial charge is 0.272 e. The highest BCUT2D eigenvalue weighted by atomic mass is 35.5. The van der Waals surface area contributed by atoms with E-state index in [0.717, 1.165) is 4.90 Å². The standard InChI is InChI=1S/C30H22ClN3O5S/c31-23-10-8-21(9-11-23)28(35)19-40-26-16-12-24(13-17-26)32-30(37)27(33-29(36)22-4-2-1-3-5-22)18-20-6-14-25(15-7-20)34(38)39/h1-18H,19H2,(H,32,37)(H,33,36)/b27-18-. The van der Waals surface area contributed by atoms with Crippen LogP contribution in [-0.2, 0) is 4.79 Å². The molecule has 0 fully saturated rings. The molecule has 0 unspecified atom stereocenters. The summed E-state index contributed by atoms with van der Waals surface area (Å²) in [7, 11) is 0. The van der Waals surface area contributed by atoms with Crippen molar-refractivity contribution in [3.8, 4) is 0 Å². The van der Waals surface area contributed by atoms with E-state index in [-0.39, 0.29) is 22.9 Å². The molecule has 0 saturated carbocycles. The fourth-order valence-corrected chi connectivity index (χ4v) is 4.42. The average molecular weight is 572 g/mol. The lowest BCUT2D eigenvalue weighted by Gasteiger charge is -2.12. The fraction of sp³-hybridized carbons (Fsp3) is 0.0333.